The number of methoxy groups -OCH3 is 1. The van der Waals surface area contributed by atoms with E-state index in [1.165, 1.54) is 12.1 Å². The van der Waals surface area contributed by atoms with Crippen molar-refractivity contribution >= 4 is 6.09 Å². The highest BCUT2D eigenvalue weighted by molar-refractivity contribution is 5.67. The lowest BCUT2D eigenvalue weighted by atomic mass is 10.6. The number of hydrazine groups is 1. The molecule has 0 aromatic carbocycles. The Labute approximate surface area is 65.0 Å². The molecule has 0 aromatic heterocycles. The van der Waals surface area contributed by atoms with Crippen molar-refractivity contribution < 1.29 is 9.53 Å². The van der Waals surface area contributed by atoms with Gasteiger partial charge in [-0.25, -0.2) is 9.80 Å². The fraction of sp³-hybridized carbons (Fsp3) is 0.500. The number of nitrogens with two attached hydrogens (primary N) is 1. The maximum Gasteiger partial charge on any atom is 0.428 e. The zero-order chi connectivity index (χ0) is 8.43. The minimum absolute atomic E-state index is 0.399. The van der Waals surface area contributed by atoms with E-state index in [-0.39, 0.29) is 0 Å². The molecule has 0 aliphatic carbocycles. The Kier molecular flexibility index (Phi) is 1.89. The number of carbonyl (C=O) groups excluding carboxylic acids is 1. The molecule has 0 saturated carbocycles. The Bertz CT molecular complexity index is 202. The van der Waals surface area contributed by atoms with Crippen molar-refractivity contribution in [2.75, 3.05) is 20.7 Å². The van der Waals surface area contributed by atoms with E-state index in [2.05, 4.69) is 4.74 Å². The molecule has 0 unspecified atom stereocenters. The van der Waals surface area contributed by atoms with Crippen LogP contribution in [-0.4, -0.2) is 36.8 Å². The van der Waals surface area contributed by atoms with E-state index in [1.54, 1.807) is 18.1 Å². The minimum Gasteiger partial charge on any atom is -0.452 e. The molecule has 11 heavy (non-hydrogen) atoms. The maximum atomic E-state index is 10.9. The van der Waals surface area contributed by atoms with Crippen molar-refractivity contribution in [1.29, 1.82) is 0 Å². The third-order valence-corrected chi connectivity index (χ3v) is 1.59. The molecule has 0 atom stereocenters. The van der Waals surface area contributed by atoms with Gasteiger partial charge in [0.2, 0.25) is 0 Å². The summed E-state index contributed by atoms with van der Waals surface area (Å²) in [5, 5.41) is 2.95. The average Bonchev–Trinajstić information content (AvgIpc) is 2.32. The van der Waals surface area contributed by atoms with Crippen molar-refractivity contribution in [2.24, 2.45) is 5.73 Å². The average molecular weight is 157 g/mol. The Morgan fingerprint density at radius 2 is 2.45 bits per heavy atom. The first-order valence-corrected chi connectivity index (χ1v) is 3.21. The standard InChI is InChI=1S/C6H11N3O2/c1-8-5(7)3-4-9(8)6(10)11-2/h3H,4,7H2,1-2H3. The molecule has 1 aliphatic rings. The number of nitrogens with zero attached hydrogens (tertiary/aromatic N) is 2. The Balaban J connectivity index is 2.60. The molecule has 2 N–H and O–H groups in total. The molecular formula is C6H11N3O2. The summed E-state index contributed by atoms with van der Waals surface area (Å²) in [7, 11) is 3.04. The number of hydrogen-bond acceptors (Lipinski definition) is 4. The van der Waals surface area contributed by atoms with Crippen LogP contribution in [0.25, 0.3) is 0 Å². The largest absolute Gasteiger partial charge is 0.452 e. The molecule has 0 spiro atoms. The van der Waals surface area contributed by atoms with Gasteiger partial charge in [0, 0.05) is 7.05 Å². The van der Waals surface area contributed by atoms with Gasteiger partial charge < -0.3 is 10.5 Å². The fourth-order valence-electron chi connectivity index (χ4n) is 0.876. The van der Waals surface area contributed by atoms with Crippen LogP contribution in [0.2, 0.25) is 0 Å². The lowest BCUT2D eigenvalue weighted by Crippen LogP contribution is -2.40. The van der Waals surface area contributed by atoms with E-state index in [9.17, 15) is 4.79 Å². The van der Waals surface area contributed by atoms with Gasteiger partial charge in [0.15, 0.2) is 0 Å². The predicted octanol–water partition coefficient (Wildman–Crippen LogP) is -0.285. The minimum atomic E-state index is -0.399. The van der Waals surface area contributed by atoms with Crippen LogP contribution in [0, 0.1) is 0 Å². The number of amides is 1. The van der Waals surface area contributed by atoms with Gasteiger partial charge >= 0.3 is 6.09 Å². The predicted molar refractivity (Wildman–Crippen MR) is 39.1 cm³/mol. The Hall–Kier alpha value is -1.39. The summed E-state index contributed by atoms with van der Waals surface area (Å²) in [5.74, 6) is 0.565. The quantitative estimate of drug-likeness (QED) is 0.525. The van der Waals surface area contributed by atoms with Gasteiger partial charge in [-0.2, -0.15) is 0 Å². The third-order valence-electron chi connectivity index (χ3n) is 1.59. The highest BCUT2D eigenvalue weighted by Gasteiger charge is 2.23. The summed E-state index contributed by atoms with van der Waals surface area (Å²) in [5.41, 5.74) is 5.50. The topological polar surface area (TPSA) is 58.8 Å². The van der Waals surface area contributed by atoms with Crippen molar-refractivity contribution in [3.05, 3.63) is 11.9 Å². The number of carbonyl (C=O) groups is 1. The molecule has 0 aromatic rings. The first-order chi connectivity index (χ1) is 5.16. The number of hydrogen-bond donors (Lipinski definition) is 1. The van der Waals surface area contributed by atoms with Crippen LogP contribution in [0.4, 0.5) is 4.79 Å². The van der Waals surface area contributed by atoms with Crippen molar-refractivity contribution in [3.8, 4) is 0 Å². The summed E-state index contributed by atoms with van der Waals surface area (Å²) in [6.07, 6.45) is 1.35. The van der Waals surface area contributed by atoms with E-state index in [1.807, 2.05) is 0 Å². The second-order valence-electron chi connectivity index (χ2n) is 2.20. The smallest absolute Gasteiger partial charge is 0.428 e. The first kappa shape index (κ1) is 7.71. The SMILES string of the molecule is COC(=O)N1CC=C(N)N1C. The second-order valence-corrected chi connectivity index (χ2v) is 2.20. The molecule has 1 heterocycles. The van der Waals surface area contributed by atoms with E-state index >= 15 is 0 Å². The molecule has 1 rings (SSSR count). The monoisotopic (exact) mass is 157 g/mol. The van der Waals surface area contributed by atoms with Gasteiger partial charge in [0.05, 0.1) is 13.7 Å². The third kappa shape index (κ3) is 1.21. The maximum absolute atomic E-state index is 10.9. The molecule has 0 saturated heterocycles. The normalized spacial score (nSPS) is 16.7. The molecule has 0 fully saturated rings. The van der Waals surface area contributed by atoms with Crippen LogP contribution in [-0.2, 0) is 4.74 Å². The highest BCUT2D eigenvalue weighted by atomic mass is 16.5. The van der Waals surface area contributed by atoms with Gasteiger partial charge in [-0.15, -0.1) is 0 Å². The Morgan fingerprint density at radius 3 is 2.82 bits per heavy atom. The van der Waals surface area contributed by atoms with Gasteiger partial charge in [0.25, 0.3) is 0 Å². The van der Waals surface area contributed by atoms with Crippen LogP contribution >= 0.6 is 0 Å². The summed E-state index contributed by atoms with van der Waals surface area (Å²) in [4.78, 5) is 10.9. The Morgan fingerprint density at radius 1 is 1.82 bits per heavy atom. The van der Waals surface area contributed by atoms with E-state index in [0.717, 1.165) is 0 Å². The van der Waals surface area contributed by atoms with Crippen LogP contribution in [0.5, 0.6) is 0 Å². The van der Waals surface area contributed by atoms with Crippen molar-refractivity contribution in [1.82, 2.24) is 10.0 Å². The molecule has 5 nitrogen and oxygen atoms in total. The van der Waals surface area contributed by atoms with Gasteiger partial charge in [-0.05, 0) is 6.08 Å². The summed E-state index contributed by atoms with van der Waals surface area (Å²) in [6, 6.07) is 0. The summed E-state index contributed by atoms with van der Waals surface area (Å²) < 4.78 is 4.51. The summed E-state index contributed by atoms with van der Waals surface area (Å²) >= 11 is 0. The van der Waals surface area contributed by atoms with Gasteiger partial charge in [-0.1, -0.05) is 0 Å². The van der Waals surface area contributed by atoms with E-state index < -0.39 is 6.09 Å². The number of rotatable bonds is 0. The van der Waals surface area contributed by atoms with Crippen LogP contribution in [0.15, 0.2) is 11.9 Å². The molecule has 0 radical (unpaired) electrons. The van der Waals surface area contributed by atoms with Crippen LogP contribution in [0.3, 0.4) is 0 Å². The lowest BCUT2D eigenvalue weighted by Gasteiger charge is -2.25. The molecule has 5 heteroatoms. The van der Waals surface area contributed by atoms with Crippen molar-refractivity contribution in [2.45, 2.75) is 0 Å². The first-order valence-electron chi connectivity index (χ1n) is 3.21. The van der Waals surface area contributed by atoms with E-state index in [0.29, 0.717) is 12.4 Å². The zero-order valence-electron chi connectivity index (χ0n) is 6.57. The zero-order valence-corrected chi connectivity index (χ0v) is 6.57. The molecule has 1 amide bonds. The molecule has 1 aliphatic heterocycles. The molecule has 62 valence electrons. The van der Waals surface area contributed by atoms with Crippen LogP contribution < -0.4 is 5.73 Å². The van der Waals surface area contributed by atoms with Gasteiger partial charge in [-0.3, -0.25) is 5.01 Å². The lowest BCUT2D eigenvalue weighted by molar-refractivity contribution is 0.0475. The molecular weight excluding hydrogens is 146 g/mol. The highest BCUT2D eigenvalue weighted by Crippen LogP contribution is 2.09. The number of ether oxygens (including phenoxy) is 1. The van der Waals surface area contributed by atoms with Crippen LogP contribution in [0.1, 0.15) is 0 Å². The fourth-order valence-corrected chi connectivity index (χ4v) is 0.876. The summed E-state index contributed by atoms with van der Waals surface area (Å²) in [6.45, 7) is 0.481. The van der Waals surface area contributed by atoms with Crippen molar-refractivity contribution in [3.63, 3.8) is 0 Å². The molecule has 0 bridgehead atoms. The second kappa shape index (κ2) is 2.69. The van der Waals surface area contributed by atoms with Gasteiger partial charge in [0.1, 0.15) is 5.82 Å². The van der Waals surface area contributed by atoms with E-state index in [4.69, 9.17) is 5.73 Å².